The Morgan fingerprint density at radius 2 is 1.80 bits per heavy atom. The normalized spacial score (nSPS) is 16.5. The second-order valence-electron chi connectivity index (χ2n) is 5.32. The molecule has 0 radical (unpaired) electrons. The molecule has 0 unspecified atom stereocenters. The van der Waals surface area contributed by atoms with Gasteiger partial charge in [-0.2, -0.15) is 0 Å². The van der Waals surface area contributed by atoms with Gasteiger partial charge in [-0.15, -0.1) is 0 Å². The molecule has 2 rings (SSSR count). The van der Waals surface area contributed by atoms with Crippen molar-refractivity contribution in [2.24, 2.45) is 5.73 Å². The smallest absolute Gasteiger partial charge is 0.178 e. The summed E-state index contributed by atoms with van der Waals surface area (Å²) >= 11 is 0. The zero-order chi connectivity index (χ0) is 14.6. The number of rotatable bonds is 6. The molecule has 1 fully saturated rings. The van der Waals surface area contributed by atoms with Crippen LogP contribution in [-0.4, -0.2) is 33.3 Å². The van der Waals surface area contributed by atoms with Crippen molar-refractivity contribution in [3.05, 3.63) is 24.3 Å². The summed E-state index contributed by atoms with van der Waals surface area (Å²) in [6.07, 6.45) is 4.95. The molecule has 5 heteroatoms. The summed E-state index contributed by atoms with van der Waals surface area (Å²) in [6.45, 7) is 3.11. The number of nitrogens with zero attached hydrogens (tertiary/aromatic N) is 1. The van der Waals surface area contributed by atoms with E-state index in [4.69, 9.17) is 5.73 Å². The standard InChI is InChI=1S/C15H24N2O2S/c1-2-20(18,19)15-9-7-14(8-10-15)17(12-11-16)13-5-3-4-6-13/h7-10,13H,2-6,11-12,16H2,1H3. The van der Waals surface area contributed by atoms with Crippen LogP contribution < -0.4 is 10.6 Å². The van der Waals surface area contributed by atoms with Crippen molar-refractivity contribution in [1.82, 2.24) is 0 Å². The number of hydrogen-bond donors (Lipinski definition) is 1. The van der Waals surface area contributed by atoms with Gasteiger partial charge in [-0.1, -0.05) is 19.8 Å². The van der Waals surface area contributed by atoms with Gasteiger partial charge in [0.05, 0.1) is 10.6 Å². The van der Waals surface area contributed by atoms with Crippen LogP contribution in [0.4, 0.5) is 5.69 Å². The summed E-state index contributed by atoms with van der Waals surface area (Å²) in [4.78, 5) is 2.73. The second-order valence-corrected chi connectivity index (χ2v) is 7.60. The summed E-state index contributed by atoms with van der Waals surface area (Å²) in [5.41, 5.74) is 6.80. The molecule has 4 nitrogen and oxygen atoms in total. The topological polar surface area (TPSA) is 63.4 Å². The number of nitrogens with two attached hydrogens (primary N) is 1. The molecule has 1 aliphatic carbocycles. The summed E-state index contributed by atoms with van der Waals surface area (Å²) < 4.78 is 23.7. The molecule has 20 heavy (non-hydrogen) atoms. The first-order valence-electron chi connectivity index (χ1n) is 7.38. The Morgan fingerprint density at radius 1 is 1.20 bits per heavy atom. The zero-order valence-electron chi connectivity index (χ0n) is 12.1. The van der Waals surface area contributed by atoms with Crippen molar-refractivity contribution in [1.29, 1.82) is 0 Å². The van der Waals surface area contributed by atoms with Gasteiger partial charge in [-0.25, -0.2) is 8.42 Å². The van der Waals surface area contributed by atoms with Crippen LogP contribution in [0.3, 0.4) is 0 Å². The second kappa shape index (κ2) is 6.59. The van der Waals surface area contributed by atoms with Gasteiger partial charge in [0.25, 0.3) is 0 Å². The van der Waals surface area contributed by atoms with Crippen LogP contribution in [0.1, 0.15) is 32.6 Å². The van der Waals surface area contributed by atoms with E-state index < -0.39 is 9.84 Å². The predicted molar refractivity (Wildman–Crippen MR) is 82.8 cm³/mol. The zero-order valence-corrected chi connectivity index (χ0v) is 12.9. The largest absolute Gasteiger partial charge is 0.367 e. The first-order chi connectivity index (χ1) is 9.58. The Balaban J connectivity index is 2.21. The van der Waals surface area contributed by atoms with Gasteiger partial charge < -0.3 is 10.6 Å². The maximum absolute atomic E-state index is 11.8. The van der Waals surface area contributed by atoms with Crippen LogP contribution in [0.25, 0.3) is 0 Å². The minimum Gasteiger partial charge on any atom is -0.367 e. The molecule has 1 saturated carbocycles. The summed E-state index contributed by atoms with van der Waals surface area (Å²) in [5, 5.41) is 0. The molecule has 0 spiro atoms. The Labute approximate surface area is 121 Å². The van der Waals surface area contributed by atoms with Gasteiger partial charge in [-0.3, -0.25) is 0 Å². The van der Waals surface area contributed by atoms with E-state index in [1.807, 2.05) is 12.1 Å². The molecule has 0 saturated heterocycles. The molecule has 0 heterocycles. The van der Waals surface area contributed by atoms with Gasteiger partial charge >= 0.3 is 0 Å². The van der Waals surface area contributed by atoms with Crippen LogP contribution in [0.15, 0.2) is 29.2 Å². The van der Waals surface area contributed by atoms with Crippen molar-refractivity contribution in [3.63, 3.8) is 0 Å². The average molecular weight is 296 g/mol. The van der Waals surface area contributed by atoms with E-state index >= 15 is 0 Å². The van der Waals surface area contributed by atoms with Crippen molar-refractivity contribution < 1.29 is 8.42 Å². The SMILES string of the molecule is CCS(=O)(=O)c1ccc(N(CCN)C2CCCC2)cc1. The summed E-state index contributed by atoms with van der Waals surface area (Å²) in [7, 11) is -3.12. The van der Waals surface area contributed by atoms with E-state index in [2.05, 4.69) is 4.90 Å². The van der Waals surface area contributed by atoms with Crippen LogP contribution in [0.5, 0.6) is 0 Å². The molecule has 0 atom stereocenters. The Bertz CT molecular complexity index is 519. The first kappa shape index (κ1) is 15.3. The van der Waals surface area contributed by atoms with Gasteiger partial charge in [-0.05, 0) is 37.1 Å². The molecule has 0 bridgehead atoms. The Hall–Kier alpha value is -1.07. The van der Waals surface area contributed by atoms with Gasteiger partial charge in [0.15, 0.2) is 9.84 Å². The summed E-state index contributed by atoms with van der Waals surface area (Å²) in [6, 6.07) is 7.80. The van der Waals surface area contributed by atoms with Crippen LogP contribution >= 0.6 is 0 Å². The number of benzene rings is 1. The van der Waals surface area contributed by atoms with Gasteiger partial charge in [0.1, 0.15) is 0 Å². The summed E-state index contributed by atoms with van der Waals surface area (Å²) in [5.74, 6) is 0.140. The maximum Gasteiger partial charge on any atom is 0.178 e. The van der Waals surface area contributed by atoms with E-state index in [1.165, 1.54) is 25.7 Å². The van der Waals surface area contributed by atoms with Crippen LogP contribution in [0, 0.1) is 0 Å². The third kappa shape index (κ3) is 3.33. The third-order valence-corrected chi connectivity index (χ3v) is 5.79. The van der Waals surface area contributed by atoms with E-state index in [-0.39, 0.29) is 5.75 Å². The van der Waals surface area contributed by atoms with Crippen molar-refractivity contribution in [3.8, 4) is 0 Å². The first-order valence-corrected chi connectivity index (χ1v) is 9.03. The van der Waals surface area contributed by atoms with Crippen LogP contribution in [0.2, 0.25) is 0 Å². The van der Waals surface area contributed by atoms with E-state index in [0.29, 0.717) is 17.5 Å². The fourth-order valence-corrected chi connectivity index (χ4v) is 3.77. The number of hydrogen-bond acceptors (Lipinski definition) is 4. The minimum atomic E-state index is -3.12. The average Bonchev–Trinajstić information content (AvgIpc) is 2.99. The van der Waals surface area contributed by atoms with Crippen molar-refractivity contribution >= 4 is 15.5 Å². The highest BCUT2D eigenvalue weighted by Crippen LogP contribution is 2.28. The monoisotopic (exact) mass is 296 g/mol. The lowest BCUT2D eigenvalue weighted by molar-refractivity contribution is 0.596. The highest BCUT2D eigenvalue weighted by molar-refractivity contribution is 7.91. The molecule has 112 valence electrons. The Kier molecular flexibility index (Phi) is 5.05. The lowest BCUT2D eigenvalue weighted by atomic mass is 10.1. The molecule has 0 aliphatic heterocycles. The van der Waals surface area contributed by atoms with Crippen molar-refractivity contribution in [2.75, 3.05) is 23.7 Å². The highest BCUT2D eigenvalue weighted by Gasteiger charge is 2.22. The quantitative estimate of drug-likeness (QED) is 0.874. The molecule has 1 aliphatic rings. The van der Waals surface area contributed by atoms with Gasteiger partial charge in [0, 0.05) is 24.8 Å². The maximum atomic E-state index is 11.8. The van der Waals surface area contributed by atoms with E-state index in [1.54, 1.807) is 19.1 Å². The lowest BCUT2D eigenvalue weighted by Crippen LogP contribution is -2.37. The highest BCUT2D eigenvalue weighted by atomic mass is 32.2. The predicted octanol–water partition coefficient (Wildman–Crippen LogP) is 2.19. The lowest BCUT2D eigenvalue weighted by Gasteiger charge is -2.31. The number of sulfone groups is 1. The molecule has 0 aromatic heterocycles. The van der Waals surface area contributed by atoms with Crippen LogP contribution in [-0.2, 0) is 9.84 Å². The molecular weight excluding hydrogens is 272 g/mol. The van der Waals surface area contributed by atoms with Gasteiger partial charge in [0.2, 0.25) is 0 Å². The third-order valence-electron chi connectivity index (χ3n) is 4.04. The Morgan fingerprint density at radius 3 is 2.30 bits per heavy atom. The minimum absolute atomic E-state index is 0.140. The molecule has 2 N–H and O–H groups in total. The molecule has 0 amide bonds. The molecule has 1 aromatic rings. The molecular formula is C15H24N2O2S. The molecule has 1 aromatic carbocycles. The number of anilines is 1. The van der Waals surface area contributed by atoms with E-state index in [0.717, 1.165) is 12.2 Å². The fraction of sp³-hybridized carbons (Fsp3) is 0.600. The van der Waals surface area contributed by atoms with E-state index in [9.17, 15) is 8.42 Å². The van der Waals surface area contributed by atoms with Crippen molar-refractivity contribution in [2.45, 2.75) is 43.5 Å². The fourth-order valence-electron chi connectivity index (χ4n) is 2.89.